The molecule has 1 aromatic carbocycles. The number of methoxy groups -OCH3 is 1. The third-order valence-corrected chi connectivity index (χ3v) is 5.67. The molecule has 1 amide bonds. The number of rotatable bonds is 11. The van der Waals surface area contributed by atoms with Crippen LogP contribution >= 0.6 is 0 Å². The first-order valence-corrected chi connectivity index (χ1v) is 10.7. The minimum absolute atomic E-state index is 0.0607. The van der Waals surface area contributed by atoms with Crippen LogP contribution in [0, 0.1) is 5.92 Å². The SMILES string of the molecule is CCCC[C@H](CC)CNS(=O)(=O)c1ccc(OC)c(C(=O)NC(C)C)c1. The maximum Gasteiger partial charge on any atom is 0.255 e. The highest BCUT2D eigenvalue weighted by Crippen LogP contribution is 2.23. The number of sulfonamides is 1. The van der Waals surface area contributed by atoms with Gasteiger partial charge in [0.25, 0.3) is 5.91 Å². The van der Waals surface area contributed by atoms with E-state index in [1.54, 1.807) is 0 Å². The highest BCUT2D eigenvalue weighted by molar-refractivity contribution is 7.89. The summed E-state index contributed by atoms with van der Waals surface area (Å²) in [6.45, 7) is 8.27. The van der Waals surface area contributed by atoms with Gasteiger partial charge in [0, 0.05) is 12.6 Å². The van der Waals surface area contributed by atoms with Crippen LogP contribution in [0.3, 0.4) is 0 Å². The van der Waals surface area contributed by atoms with Gasteiger partial charge in [-0.2, -0.15) is 0 Å². The molecule has 6 nitrogen and oxygen atoms in total. The van der Waals surface area contributed by atoms with Gasteiger partial charge in [-0.3, -0.25) is 4.79 Å². The van der Waals surface area contributed by atoms with Crippen LogP contribution in [-0.2, 0) is 10.0 Å². The van der Waals surface area contributed by atoms with Crippen LogP contribution in [0.25, 0.3) is 0 Å². The summed E-state index contributed by atoms with van der Waals surface area (Å²) in [6.07, 6.45) is 4.10. The van der Waals surface area contributed by atoms with E-state index in [1.807, 2.05) is 13.8 Å². The minimum Gasteiger partial charge on any atom is -0.496 e. The molecule has 0 aromatic heterocycles. The topological polar surface area (TPSA) is 84.5 Å². The molecule has 0 saturated heterocycles. The lowest BCUT2D eigenvalue weighted by Gasteiger charge is -2.16. The number of carbonyl (C=O) groups excluding carboxylic acids is 1. The maximum absolute atomic E-state index is 12.6. The molecule has 0 radical (unpaired) electrons. The summed E-state index contributed by atoms with van der Waals surface area (Å²) in [5, 5.41) is 2.76. The first kappa shape index (κ1) is 22.4. The number of nitrogens with one attached hydrogen (secondary N) is 2. The van der Waals surface area contributed by atoms with E-state index in [4.69, 9.17) is 4.74 Å². The minimum atomic E-state index is -3.69. The highest BCUT2D eigenvalue weighted by atomic mass is 32.2. The second-order valence-electron chi connectivity index (χ2n) is 6.76. The van der Waals surface area contributed by atoms with Crippen molar-refractivity contribution in [3.63, 3.8) is 0 Å². The number of hydrogen-bond acceptors (Lipinski definition) is 4. The number of benzene rings is 1. The summed E-state index contributed by atoms with van der Waals surface area (Å²) in [4.78, 5) is 12.4. The lowest BCUT2D eigenvalue weighted by molar-refractivity contribution is 0.0940. The molecule has 0 heterocycles. The van der Waals surface area contributed by atoms with Crippen molar-refractivity contribution >= 4 is 15.9 Å². The third-order valence-electron chi connectivity index (χ3n) is 4.25. The highest BCUT2D eigenvalue weighted by Gasteiger charge is 2.21. The van der Waals surface area contributed by atoms with E-state index in [2.05, 4.69) is 23.9 Å². The molecule has 0 fully saturated rings. The zero-order valence-corrected chi connectivity index (χ0v) is 17.3. The Bertz CT molecular complexity index is 687. The summed E-state index contributed by atoms with van der Waals surface area (Å²) < 4.78 is 33.2. The van der Waals surface area contributed by atoms with E-state index < -0.39 is 10.0 Å². The lowest BCUT2D eigenvalue weighted by atomic mass is 10.00. The number of unbranched alkanes of at least 4 members (excludes halogenated alkanes) is 1. The van der Waals surface area contributed by atoms with E-state index in [0.717, 1.165) is 25.7 Å². The summed E-state index contributed by atoms with van der Waals surface area (Å²) in [5.41, 5.74) is 0.210. The summed E-state index contributed by atoms with van der Waals surface area (Å²) >= 11 is 0. The molecule has 1 atom stereocenters. The van der Waals surface area contributed by atoms with E-state index >= 15 is 0 Å². The van der Waals surface area contributed by atoms with Crippen LogP contribution in [-0.4, -0.2) is 34.0 Å². The van der Waals surface area contributed by atoms with Crippen LogP contribution in [0.15, 0.2) is 23.1 Å². The van der Waals surface area contributed by atoms with Crippen molar-refractivity contribution in [1.82, 2.24) is 10.0 Å². The molecule has 7 heteroatoms. The van der Waals surface area contributed by atoms with Gasteiger partial charge < -0.3 is 10.1 Å². The lowest BCUT2D eigenvalue weighted by Crippen LogP contribution is -2.31. The van der Waals surface area contributed by atoms with Gasteiger partial charge in [0.05, 0.1) is 17.6 Å². The fraction of sp³-hybridized carbons (Fsp3) is 0.632. The van der Waals surface area contributed by atoms with Crippen molar-refractivity contribution in [2.75, 3.05) is 13.7 Å². The van der Waals surface area contributed by atoms with E-state index in [-0.39, 0.29) is 22.4 Å². The molecule has 1 aromatic rings. The first-order valence-electron chi connectivity index (χ1n) is 9.23. The fourth-order valence-electron chi connectivity index (χ4n) is 2.63. The van der Waals surface area contributed by atoms with Crippen LogP contribution in [0.1, 0.15) is 63.7 Å². The molecule has 1 rings (SSSR count). The molecule has 148 valence electrons. The molecule has 0 unspecified atom stereocenters. The molecule has 0 aliphatic carbocycles. The number of hydrogen-bond donors (Lipinski definition) is 2. The van der Waals surface area contributed by atoms with Crippen molar-refractivity contribution < 1.29 is 17.9 Å². The Labute approximate surface area is 157 Å². The average molecular weight is 385 g/mol. The van der Waals surface area contributed by atoms with Gasteiger partial charge >= 0.3 is 0 Å². The molecular formula is C19H32N2O4S. The molecule has 26 heavy (non-hydrogen) atoms. The Hall–Kier alpha value is -1.60. The standard InChI is InChI=1S/C19H32N2O4S/c1-6-8-9-15(7-2)13-20-26(23,24)16-10-11-18(25-5)17(12-16)19(22)21-14(3)4/h10-12,14-15,20H,6-9,13H2,1-5H3,(H,21,22)/t15-/m0/s1. The van der Waals surface area contributed by atoms with Crippen LogP contribution < -0.4 is 14.8 Å². The monoisotopic (exact) mass is 384 g/mol. The maximum atomic E-state index is 12.6. The smallest absolute Gasteiger partial charge is 0.255 e. The van der Waals surface area contributed by atoms with Gasteiger partial charge in [0.1, 0.15) is 5.75 Å². The molecule has 0 aliphatic rings. The zero-order chi connectivity index (χ0) is 19.7. The summed E-state index contributed by atoms with van der Waals surface area (Å²) in [5.74, 6) is 0.298. The number of ether oxygens (including phenoxy) is 1. The Morgan fingerprint density at radius 1 is 1.23 bits per heavy atom. The Morgan fingerprint density at radius 3 is 2.46 bits per heavy atom. The van der Waals surface area contributed by atoms with Gasteiger partial charge in [-0.15, -0.1) is 0 Å². The van der Waals surface area contributed by atoms with Gasteiger partial charge in [-0.1, -0.05) is 33.1 Å². The molecule has 0 saturated carbocycles. The average Bonchev–Trinajstić information content (AvgIpc) is 2.60. The first-order chi connectivity index (χ1) is 12.2. The zero-order valence-electron chi connectivity index (χ0n) is 16.5. The van der Waals surface area contributed by atoms with Gasteiger partial charge in [-0.25, -0.2) is 13.1 Å². The van der Waals surface area contributed by atoms with E-state index in [1.165, 1.54) is 25.3 Å². The van der Waals surface area contributed by atoms with E-state index in [9.17, 15) is 13.2 Å². The number of carbonyl (C=O) groups is 1. The quantitative estimate of drug-likeness (QED) is 0.613. The van der Waals surface area contributed by atoms with Crippen molar-refractivity contribution in [2.24, 2.45) is 5.92 Å². The molecule has 0 aliphatic heterocycles. The van der Waals surface area contributed by atoms with Crippen LogP contribution in [0.4, 0.5) is 0 Å². The van der Waals surface area contributed by atoms with Gasteiger partial charge in [0.2, 0.25) is 10.0 Å². The van der Waals surface area contributed by atoms with Crippen molar-refractivity contribution in [3.05, 3.63) is 23.8 Å². The van der Waals surface area contributed by atoms with Crippen molar-refractivity contribution in [2.45, 2.75) is 64.3 Å². The van der Waals surface area contributed by atoms with Crippen LogP contribution in [0.5, 0.6) is 5.75 Å². The van der Waals surface area contributed by atoms with Gasteiger partial charge in [0.15, 0.2) is 0 Å². The molecule has 0 spiro atoms. The second kappa shape index (κ2) is 10.5. The Balaban J connectivity index is 3.00. The third kappa shape index (κ3) is 6.61. The predicted molar refractivity (Wildman–Crippen MR) is 104 cm³/mol. The largest absolute Gasteiger partial charge is 0.496 e. The van der Waals surface area contributed by atoms with E-state index in [0.29, 0.717) is 18.2 Å². The Kier molecular flexibility index (Phi) is 9.08. The molecular weight excluding hydrogens is 352 g/mol. The van der Waals surface area contributed by atoms with Crippen molar-refractivity contribution in [1.29, 1.82) is 0 Å². The molecule has 2 N–H and O–H groups in total. The number of amides is 1. The predicted octanol–water partition coefficient (Wildman–Crippen LogP) is 3.33. The van der Waals surface area contributed by atoms with Crippen LogP contribution in [0.2, 0.25) is 0 Å². The summed E-state index contributed by atoms with van der Waals surface area (Å²) in [7, 11) is -2.23. The fourth-order valence-corrected chi connectivity index (χ4v) is 3.77. The second-order valence-corrected chi connectivity index (χ2v) is 8.53. The normalized spacial score (nSPS) is 12.8. The van der Waals surface area contributed by atoms with Crippen molar-refractivity contribution in [3.8, 4) is 5.75 Å². The Morgan fingerprint density at radius 2 is 1.92 bits per heavy atom. The molecule has 0 bridgehead atoms. The van der Waals surface area contributed by atoms with Gasteiger partial charge in [-0.05, 0) is 44.4 Å². The summed E-state index contributed by atoms with van der Waals surface area (Å²) in [6, 6.07) is 4.28.